The molecule has 2 aromatic carbocycles. The number of tetrazole rings is 1. The standard InChI is InChI=1S/C34H44FN7O2.K/c1-32(2,3)17-16-27(22-10-12-23(13-11-22)30(43)36-21-28-38-40-41-39-28)42-31(44)29(24-8-7-9-26(35)20-24)37-34(42)18-14-25(15-19-34)33(4,5)6;/h7-13,20,25,27H,14-19,21H2,1-6H3,(H2,36,38,39,40,41,43);/q;+1/p-1/t25?,27-,34?;/m1./s1. The van der Waals surface area contributed by atoms with E-state index in [4.69, 9.17) is 4.99 Å². The molecule has 0 radical (unpaired) electrons. The van der Waals surface area contributed by atoms with Gasteiger partial charge in [-0.2, -0.15) is 0 Å². The minimum absolute atomic E-state index is 0. The normalized spacial score (nSPS) is 21.0. The van der Waals surface area contributed by atoms with Gasteiger partial charge in [0.05, 0.1) is 18.4 Å². The van der Waals surface area contributed by atoms with Gasteiger partial charge < -0.3 is 15.3 Å². The van der Waals surface area contributed by atoms with E-state index < -0.39 is 11.5 Å². The molecule has 0 bridgehead atoms. The van der Waals surface area contributed by atoms with Crippen LogP contribution in [-0.4, -0.2) is 43.5 Å². The average molecular weight is 640 g/mol. The van der Waals surface area contributed by atoms with Gasteiger partial charge in [0, 0.05) is 11.1 Å². The van der Waals surface area contributed by atoms with Gasteiger partial charge in [0.2, 0.25) is 0 Å². The van der Waals surface area contributed by atoms with Crippen LogP contribution < -0.4 is 61.9 Å². The maximum absolute atomic E-state index is 14.5. The Hall–Kier alpha value is -2.31. The summed E-state index contributed by atoms with van der Waals surface area (Å²) in [5.41, 5.74) is 1.76. The number of amides is 2. The van der Waals surface area contributed by atoms with Crippen LogP contribution in [0.1, 0.15) is 113 Å². The molecule has 0 unspecified atom stereocenters. The molecule has 45 heavy (non-hydrogen) atoms. The molecule has 1 N–H and O–H groups in total. The maximum atomic E-state index is 14.5. The minimum Gasteiger partial charge on any atom is -0.347 e. The van der Waals surface area contributed by atoms with Crippen molar-refractivity contribution in [1.29, 1.82) is 0 Å². The number of hydrogen-bond donors (Lipinski definition) is 1. The number of halogens is 1. The van der Waals surface area contributed by atoms with Crippen molar-refractivity contribution in [2.24, 2.45) is 21.7 Å². The zero-order chi connectivity index (χ0) is 31.7. The molecular weight excluding hydrogens is 597 g/mol. The van der Waals surface area contributed by atoms with Crippen molar-refractivity contribution in [3.05, 3.63) is 76.9 Å². The van der Waals surface area contributed by atoms with E-state index in [1.807, 2.05) is 17.0 Å². The van der Waals surface area contributed by atoms with Crippen LogP contribution >= 0.6 is 0 Å². The first-order valence-electron chi connectivity index (χ1n) is 15.5. The Kier molecular flexibility index (Phi) is 11.2. The van der Waals surface area contributed by atoms with Crippen molar-refractivity contribution < 1.29 is 65.4 Å². The van der Waals surface area contributed by atoms with Crippen molar-refractivity contribution in [3.8, 4) is 0 Å². The Bertz CT molecular complexity index is 1500. The van der Waals surface area contributed by atoms with E-state index in [0.29, 0.717) is 28.6 Å². The van der Waals surface area contributed by atoms with Crippen LogP contribution in [0.5, 0.6) is 0 Å². The predicted octanol–water partition coefficient (Wildman–Crippen LogP) is 3.03. The van der Waals surface area contributed by atoms with E-state index in [1.54, 1.807) is 24.3 Å². The summed E-state index contributed by atoms with van der Waals surface area (Å²) in [5.74, 6) is 0.0403. The topological polar surface area (TPSA) is 115 Å². The van der Waals surface area contributed by atoms with Gasteiger partial charge in [-0.05, 0) is 85.1 Å². The average Bonchev–Trinajstić information content (AvgIpc) is 3.58. The van der Waals surface area contributed by atoms with Crippen LogP contribution in [0, 0.1) is 22.6 Å². The Labute approximate surface area is 308 Å². The summed E-state index contributed by atoms with van der Waals surface area (Å²) in [5, 5.41) is 17.2. The summed E-state index contributed by atoms with van der Waals surface area (Å²) in [7, 11) is 0. The molecule has 5 rings (SSSR count). The molecule has 2 aliphatic rings. The SMILES string of the molecule is CC(C)(C)CC[C@H](c1ccc(C(=O)NCc2nn[n-]n2)cc1)N1C(=O)C(c2cccc(F)c2)=NC12CCC(C(C)(C)C)CC2.[K+]. The van der Waals surface area contributed by atoms with Gasteiger partial charge in [0.1, 0.15) is 17.2 Å². The number of hydrogen-bond acceptors (Lipinski definition) is 6. The zero-order valence-corrected chi connectivity index (χ0v) is 30.7. The molecule has 1 spiro atoms. The molecule has 11 heteroatoms. The summed E-state index contributed by atoms with van der Waals surface area (Å²) in [6, 6.07) is 13.4. The number of nitrogens with zero attached hydrogens (tertiary/aromatic N) is 6. The van der Waals surface area contributed by atoms with Crippen molar-refractivity contribution in [3.63, 3.8) is 0 Å². The second-order valence-electron chi connectivity index (χ2n) is 14.5. The summed E-state index contributed by atoms with van der Waals surface area (Å²) in [6.07, 6.45) is 5.01. The van der Waals surface area contributed by atoms with Crippen molar-refractivity contribution in [2.75, 3.05) is 0 Å². The number of nitrogens with one attached hydrogen (secondary N) is 1. The molecule has 9 nitrogen and oxygen atoms in total. The van der Waals surface area contributed by atoms with E-state index in [0.717, 1.165) is 44.1 Å². The first-order valence-corrected chi connectivity index (χ1v) is 15.5. The van der Waals surface area contributed by atoms with Crippen LogP contribution in [0.3, 0.4) is 0 Å². The van der Waals surface area contributed by atoms with Crippen LogP contribution in [0.4, 0.5) is 4.39 Å². The van der Waals surface area contributed by atoms with Crippen molar-refractivity contribution in [2.45, 2.75) is 98.3 Å². The van der Waals surface area contributed by atoms with E-state index >= 15 is 0 Å². The molecular formula is C34H43FKN7O2. The molecule has 1 saturated carbocycles. The molecule has 2 heterocycles. The molecule has 3 aromatic rings. The molecule has 2 amide bonds. The fraction of sp³-hybridized carbons (Fsp3) is 0.529. The maximum Gasteiger partial charge on any atom is 1.00 e. The third-order valence-electron chi connectivity index (χ3n) is 9.10. The Morgan fingerprint density at radius 3 is 2.36 bits per heavy atom. The molecule has 1 atom stereocenters. The Morgan fingerprint density at radius 2 is 1.78 bits per heavy atom. The Morgan fingerprint density at radius 1 is 1.09 bits per heavy atom. The van der Waals surface area contributed by atoms with Crippen molar-refractivity contribution >= 4 is 17.5 Å². The molecule has 0 saturated heterocycles. The smallest absolute Gasteiger partial charge is 0.347 e. The number of carbonyl (C=O) groups is 2. The van der Waals surface area contributed by atoms with Gasteiger partial charge in [-0.15, -0.1) is 0 Å². The summed E-state index contributed by atoms with van der Waals surface area (Å²) < 4.78 is 14.3. The van der Waals surface area contributed by atoms with Gasteiger partial charge in [-0.25, -0.2) is 9.49 Å². The number of carbonyl (C=O) groups excluding carboxylic acids is 2. The number of aromatic nitrogens is 4. The van der Waals surface area contributed by atoms with E-state index in [9.17, 15) is 14.0 Å². The van der Waals surface area contributed by atoms with Gasteiger partial charge in [-0.1, -0.05) is 65.8 Å². The van der Waals surface area contributed by atoms with Crippen LogP contribution in [0.25, 0.3) is 0 Å². The monoisotopic (exact) mass is 639 g/mol. The van der Waals surface area contributed by atoms with Crippen LogP contribution in [0.2, 0.25) is 0 Å². The van der Waals surface area contributed by atoms with Crippen LogP contribution in [0.15, 0.2) is 53.5 Å². The molecule has 1 aromatic heterocycles. The first kappa shape index (κ1) is 35.5. The Balaban J connectivity index is 0.00000461. The molecule has 234 valence electrons. The van der Waals surface area contributed by atoms with E-state index in [1.165, 1.54) is 12.1 Å². The quantitative estimate of drug-likeness (QED) is 0.379. The first-order chi connectivity index (χ1) is 20.8. The van der Waals surface area contributed by atoms with Gasteiger partial charge in [-0.3, -0.25) is 25.0 Å². The third kappa shape index (κ3) is 8.35. The third-order valence-corrected chi connectivity index (χ3v) is 9.10. The molecule has 1 aliphatic carbocycles. The number of aliphatic imine (C=N–C) groups is 1. The predicted molar refractivity (Wildman–Crippen MR) is 166 cm³/mol. The van der Waals surface area contributed by atoms with E-state index in [2.05, 4.69) is 67.5 Å². The van der Waals surface area contributed by atoms with Crippen molar-refractivity contribution in [1.82, 2.24) is 30.8 Å². The van der Waals surface area contributed by atoms with Gasteiger partial charge in [0.25, 0.3) is 11.8 Å². The second kappa shape index (κ2) is 14.2. The minimum atomic E-state index is -0.708. The second-order valence-corrected chi connectivity index (χ2v) is 14.5. The number of rotatable bonds is 8. The zero-order valence-electron chi connectivity index (χ0n) is 27.6. The molecule has 1 fully saturated rings. The largest absolute Gasteiger partial charge is 1.00 e. The van der Waals surface area contributed by atoms with Crippen LogP contribution in [-0.2, 0) is 11.3 Å². The van der Waals surface area contributed by atoms with Gasteiger partial charge >= 0.3 is 51.4 Å². The van der Waals surface area contributed by atoms with E-state index in [-0.39, 0.29) is 86.6 Å². The van der Waals surface area contributed by atoms with Gasteiger partial charge in [0.15, 0.2) is 0 Å². The fourth-order valence-corrected chi connectivity index (χ4v) is 6.53. The summed E-state index contributed by atoms with van der Waals surface area (Å²) in [4.78, 5) is 34.5. The number of benzene rings is 2. The fourth-order valence-electron chi connectivity index (χ4n) is 6.53. The summed E-state index contributed by atoms with van der Waals surface area (Å²) in [6.45, 7) is 13.6. The summed E-state index contributed by atoms with van der Waals surface area (Å²) >= 11 is 0. The molecule has 1 aliphatic heterocycles.